The second kappa shape index (κ2) is 6.07. The molecule has 1 rings (SSSR count). The third-order valence-corrected chi connectivity index (χ3v) is 2.46. The van der Waals surface area contributed by atoms with Gasteiger partial charge in [-0.3, -0.25) is 0 Å². The van der Waals surface area contributed by atoms with Crippen molar-refractivity contribution in [3.8, 4) is 6.07 Å². The summed E-state index contributed by atoms with van der Waals surface area (Å²) in [4.78, 5) is 10.7. The van der Waals surface area contributed by atoms with Crippen LogP contribution in [0.3, 0.4) is 0 Å². The Bertz CT molecular complexity index is 483. The number of hydrogen-bond acceptors (Lipinski definition) is 3. The van der Waals surface area contributed by atoms with Crippen molar-refractivity contribution < 1.29 is 23.8 Å². The number of halogens is 2. The van der Waals surface area contributed by atoms with Crippen molar-refractivity contribution in [1.82, 2.24) is 0 Å². The molecule has 1 aromatic carbocycles. The van der Waals surface area contributed by atoms with Crippen LogP contribution < -0.4 is 0 Å². The Morgan fingerprint density at radius 3 is 2.61 bits per heavy atom. The van der Waals surface area contributed by atoms with Crippen molar-refractivity contribution in [2.45, 2.75) is 25.4 Å². The van der Waals surface area contributed by atoms with Gasteiger partial charge in [0.05, 0.1) is 6.07 Å². The van der Waals surface area contributed by atoms with Crippen LogP contribution in [0.5, 0.6) is 0 Å². The number of hydrogen-bond donors (Lipinski definition) is 2. The van der Waals surface area contributed by atoms with Crippen LogP contribution in [0.15, 0.2) is 18.2 Å². The molecule has 2 N–H and O–H groups in total. The lowest BCUT2D eigenvalue weighted by molar-refractivity contribution is -0.147. The van der Waals surface area contributed by atoms with E-state index in [1.807, 2.05) is 6.07 Å². The van der Waals surface area contributed by atoms with E-state index in [-0.39, 0.29) is 24.0 Å². The molecule has 6 heteroatoms. The van der Waals surface area contributed by atoms with Crippen LogP contribution in [0, 0.1) is 11.3 Å². The first kappa shape index (κ1) is 14.1. The first-order valence-electron chi connectivity index (χ1n) is 5.16. The van der Waals surface area contributed by atoms with E-state index in [0.717, 1.165) is 12.1 Å². The maximum Gasteiger partial charge on any atom is 0.337 e. The number of alkyl halides is 2. The highest BCUT2D eigenvalue weighted by atomic mass is 19.3. The molecule has 0 spiro atoms. The summed E-state index contributed by atoms with van der Waals surface area (Å²) < 4.78 is 25.0. The van der Waals surface area contributed by atoms with Crippen molar-refractivity contribution in [2.24, 2.45) is 0 Å². The number of carbonyl (C=O) groups is 1. The lowest BCUT2D eigenvalue weighted by Gasteiger charge is -2.13. The predicted octanol–water partition coefficient (Wildman–Crippen LogP) is 2.20. The summed E-state index contributed by atoms with van der Waals surface area (Å²) in [5.74, 6) is -1.51. The summed E-state index contributed by atoms with van der Waals surface area (Å²) in [6.45, 7) is 0. The Morgan fingerprint density at radius 1 is 1.44 bits per heavy atom. The molecule has 0 aliphatic carbocycles. The molecule has 1 aromatic rings. The Balaban J connectivity index is 3.18. The van der Waals surface area contributed by atoms with Gasteiger partial charge >= 0.3 is 5.97 Å². The van der Waals surface area contributed by atoms with Crippen molar-refractivity contribution >= 4 is 5.97 Å². The summed E-state index contributed by atoms with van der Waals surface area (Å²) in [6, 6.07) is 5.32. The number of carboxylic acids is 1. The molecular weight excluding hydrogens is 244 g/mol. The second-order valence-corrected chi connectivity index (χ2v) is 3.66. The SMILES string of the molecule is N#CCCc1ccc(C(F)F)cc1C(O)C(=O)O. The zero-order valence-corrected chi connectivity index (χ0v) is 9.31. The van der Waals surface area contributed by atoms with Gasteiger partial charge in [-0.1, -0.05) is 12.1 Å². The Labute approximate surface area is 102 Å². The van der Waals surface area contributed by atoms with Crippen LogP contribution in [-0.4, -0.2) is 16.2 Å². The van der Waals surface area contributed by atoms with E-state index < -0.39 is 18.5 Å². The molecule has 0 aliphatic rings. The van der Waals surface area contributed by atoms with Gasteiger partial charge in [-0.25, -0.2) is 13.6 Å². The number of rotatable bonds is 5. The van der Waals surface area contributed by atoms with E-state index in [2.05, 4.69) is 0 Å². The average Bonchev–Trinajstić information content (AvgIpc) is 2.34. The quantitative estimate of drug-likeness (QED) is 0.845. The van der Waals surface area contributed by atoms with Gasteiger partial charge in [0.25, 0.3) is 6.43 Å². The summed E-state index contributed by atoms with van der Waals surface area (Å²) >= 11 is 0. The van der Waals surface area contributed by atoms with E-state index in [0.29, 0.717) is 5.56 Å². The molecule has 96 valence electrons. The van der Waals surface area contributed by atoms with Gasteiger partial charge in [-0.2, -0.15) is 5.26 Å². The molecule has 0 fully saturated rings. The molecule has 0 radical (unpaired) electrons. The fourth-order valence-electron chi connectivity index (χ4n) is 1.55. The third kappa shape index (κ3) is 3.25. The smallest absolute Gasteiger partial charge is 0.337 e. The Kier molecular flexibility index (Phi) is 4.75. The molecule has 0 amide bonds. The lowest BCUT2D eigenvalue weighted by Crippen LogP contribution is -2.13. The van der Waals surface area contributed by atoms with E-state index >= 15 is 0 Å². The molecule has 0 saturated carbocycles. The van der Waals surface area contributed by atoms with Crippen molar-refractivity contribution in [2.75, 3.05) is 0 Å². The number of nitrogens with zero attached hydrogens (tertiary/aromatic N) is 1. The Morgan fingerprint density at radius 2 is 2.11 bits per heavy atom. The number of nitriles is 1. The highest BCUT2D eigenvalue weighted by molar-refractivity contribution is 5.74. The lowest BCUT2D eigenvalue weighted by atomic mass is 9.96. The molecule has 0 heterocycles. The molecule has 0 saturated heterocycles. The zero-order chi connectivity index (χ0) is 13.7. The summed E-state index contributed by atoms with van der Waals surface area (Å²) in [5.41, 5.74) is -0.0580. The zero-order valence-electron chi connectivity index (χ0n) is 9.31. The highest BCUT2D eigenvalue weighted by Crippen LogP contribution is 2.26. The predicted molar refractivity (Wildman–Crippen MR) is 57.9 cm³/mol. The molecule has 1 unspecified atom stereocenters. The monoisotopic (exact) mass is 255 g/mol. The van der Waals surface area contributed by atoms with Crippen LogP contribution >= 0.6 is 0 Å². The van der Waals surface area contributed by atoms with E-state index in [9.17, 15) is 18.7 Å². The Hall–Kier alpha value is -2.00. The van der Waals surface area contributed by atoms with Crippen molar-refractivity contribution in [3.63, 3.8) is 0 Å². The number of aryl methyl sites for hydroxylation is 1. The van der Waals surface area contributed by atoms with Crippen LogP contribution in [-0.2, 0) is 11.2 Å². The number of aliphatic hydroxyl groups is 1. The fraction of sp³-hybridized carbons (Fsp3) is 0.333. The summed E-state index contributed by atoms with van der Waals surface area (Å²) in [7, 11) is 0. The van der Waals surface area contributed by atoms with E-state index in [1.54, 1.807) is 0 Å². The van der Waals surface area contributed by atoms with Gasteiger partial charge in [0.2, 0.25) is 0 Å². The largest absolute Gasteiger partial charge is 0.479 e. The minimum absolute atomic E-state index is 0.0875. The molecule has 0 bridgehead atoms. The normalized spacial score (nSPS) is 12.2. The summed E-state index contributed by atoms with van der Waals surface area (Å²) in [6.07, 6.45) is -4.28. The first-order chi connectivity index (χ1) is 8.47. The van der Waals surface area contributed by atoms with Gasteiger partial charge in [-0.15, -0.1) is 0 Å². The number of aliphatic carboxylic acids is 1. The van der Waals surface area contributed by atoms with Crippen LogP contribution in [0.2, 0.25) is 0 Å². The standard InChI is InChI=1S/C12H11F2NO3/c13-11(14)8-4-3-7(2-1-5-15)9(6-8)10(16)12(17)18/h3-4,6,10-11,16H,1-2H2,(H,17,18). The molecule has 18 heavy (non-hydrogen) atoms. The third-order valence-electron chi connectivity index (χ3n) is 2.46. The first-order valence-corrected chi connectivity index (χ1v) is 5.16. The van der Waals surface area contributed by atoms with Gasteiger partial charge in [-0.05, 0) is 23.6 Å². The van der Waals surface area contributed by atoms with Crippen LogP contribution in [0.1, 0.15) is 35.6 Å². The average molecular weight is 255 g/mol. The number of aliphatic hydroxyl groups excluding tert-OH is 1. The minimum atomic E-state index is -2.74. The fourth-order valence-corrected chi connectivity index (χ4v) is 1.55. The molecule has 0 aliphatic heterocycles. The number of carboxylic acid groups (broad SMARTS) is 1. The molecule has 0 aromatic heterocycles. The molecule has 4 nitrogen and oxygen atoms in total. The molecular formula is C12H11F2NO3. The van der Waals surface area contributed by atoms with Gasteiger partial charge < -0.3 is 10.2 Å². The second-order valence-electron chi connectivity index (χ2n) is 3.66. The van der Waals surface area contributed by atoms with E-state index in [1.165, 1.54) is 6.07 Å². The van der Waals surface area contributed by atoms with Gasteiger partial charge in [0.1, 0.15) is 0 Å². The van der Waals surface area contributed by atoms with Crippen molar-refractivity contribution in [1.29, 1.82) is 5.26 Å². The minimum Gasteiger partial charge on any atom is -0.479 e. The van der Waals surface area contributed by atoms with Crippen LogP contribution in [0.4, 0.5) is 8.78 Å². The maximum atomic E-state index is 12.5. The van der Waals surface area contributed by atoms with Crippen molar-refractivity contribution in [3.05, 3.63) is 34.9 Å². The van der Waals surface area contributed by atoms with E-state index in [4.69, 9.17) is 10.4 Å². The molecule has 1 atom stereocenters. The number of benzene rings is 1. The van der Waals surface area contributed by atoms with Gasteiger partial charge in [0.15, 0.2) is 6.10 Å². The maximum absolute atomic E-state index is 12.5. The van der Waals surface area contributed by atoms with Gasteiger partial charge in [0, 0.05) is 12.0 Å². The summed E-state index contributed by atoms with van der Waals surface area (Å²) in [5, 5.41) is 26.6. The highest BCUT2D eigenvalue weighted by Gasteiger charge is 2.21. The van der Waals surface area contributed by atoms with Crippen LogP contribution in [0.25, 0.3) is 0 Å². The topological polar surface area (TPSA) is 81.3 Å².